The van der Waals surface area contributed by atoms with Gasteiger partial charge in [0, 0.05) is 0 Å². The van der Waals surface area contributed by atoms with Crippen molar-refractivity contribution in [3.63, 3.8) is 0 Å². The fraction of sp³-hybridized carbons (Fsp3) is 0. The van der Waals surface area contributed by atoms with E-state index in [1.165, 1.54) is 30.2 Å². The number of rotatable bonds is 6. The van der Waals surface area contributed by atoms with Gasteiger partial charge in [0.2, 0.25) is 0 Å². The Kier molecular flexibility index (Phi) is 5.89. The first kappa shape index (κ1) is 19.7. The summed E-state index contributed by atoms with van der Waals surface area (Å²) in [4.78, 5) is 4.81. The summed E-state index contributed by atoms with van der Waals surface area (Å²) in [5.74, 6) is 0. The van der Waals surface area contributed by atoms with Gasteiger partial charge in [0.05, 0.1) is 0 Å². The van der Waals surface area contributed by atoms with Crippen LogP contribution in [0.15, 0.2) is 133 Å². The van der Waals surface area contributed by atoms with Crippen molar-refractivity contribution in [3.8, 4) is 0 Å². The zero-order valence-corrected chi connectivity index (χ0v) is 19.3. The minimum absolute atomic E-state index is 0.625. The van der Waals surface area contributed by atoms with Gasteiger partial charge in [-0.2, -0.15) is 0 Å². The monoisotopic (exact) mass is 516 g/mol. The van der Waals surface area contributed by atoms with Gasteiger partial charge in [0.1, 0.15) is 0 Å². The second-order valence-corrected chi connectivity index (χ2v) is 10.1. The summed E-state index contributed by atoms with van der Waals surface area (Å²) in [5, 5.41) is 0. The molecule has 31 heavy (non-hydrogen) atoms. The maximum atomic E-state index is 2.40. The Balaban J connectivity index is 1.61. The van der Waals surface area contributed by atoms with Gasteiger partial charge >= 0.3 is 194 Å². The van der Waals surface area contributed by atoms with E-state index in [9.17, 15) is 0 Å². The normalized spacial score (nSPS) is 10.6. The molecule has 0 N–H and O–H groups in total. The zero-order valence-electron chi connectivity index (χ0n) is 17.0. The Hall–Kier alpha value is -3.25. The van der Waals surface area contributed by atoms with E-state index in [0.29, 0.717) is 0 Å². The van der Waals surface area contributed by atoms with Gasteiger partial charge in [-0.05, 0) is 0 Å². The minimum atomic E-state index is -0.625. The van der Waals surface area contributed by atoms with E-state index in [1.54, 1.807) is 0 Å². The number of hydrogen-bond acceptors (Lipinski definition) is 2. The SMILES string of the molecule is c1ccc(N(c2ccccc2)c2ccc(N(c3ccccc3)c3ccccc3)[te]2)cc1. The van der Waals surface area contributed by atoms with Crippen LogP contribution in [-0.4, -0.2) is 20.4 Å². The molecule has 4 aromatic carbocycles. The molecule has 5 rings (SSSR count). The second-order valence-electron chi connectivity index (χ2n) is 7.12. The first-order chi connectivity index (χ1) is 15.4. The van der Waals surface area contributed by atoms with E-state index in [4.69, 9.17) is 0 Å². The maximum absolute atomic E-state index is 2.40. The van der Waals surface area contributed by atoms with Gasteiger partial charge in [-0.15, -0.1) is 0 Å². The van der Waals surface area contributed by atoms with Gasteiger partial charge in [0.25, 0.3) is 0 Å². The first-order valence-electron chi connectivity index (χ1n) is 10.3. The quantitative estimate of drug-likeness (QED) is 0.215. The first-order valence-corrected chi connectivity index (χ1v) is 12.6. The molecule has 0 saturated carbocycles. The van der Waals surface area contributed by atoms with Crippen LogP contribution in [0.1, 0.15) is 0 Å². The van der Waals surface area contributed by atoms with Crippen LogP contribution in [0.4, 0.5) is 30.2 Å². The summed E-state index contributed by atoms with van der Waals surface area (Å²) in [6, 6.07) is 47.2. The van der Waals surface area contributed by atoms with E-state index in [1.807, 2.05) is 0 Å². The predicted molar refractivity (Wildman–Crippen MR) is 133 cm³/mol. The van der Waals surface area contributed by atoms with Crippen LogP contribution in [0.3, 0.4) is 0 Å². The number of para-hydroxylation sites is 4. The Labute approximate surface area is 193 Å². The number of nitrogens with zero attached hydrogens (tertiary/aromatic N) is 2. The van der Waals surface area contributed by atoms with Crippen LogP contribution in [0.25, 0.3) is 0 Å². The van der Waals surface area contributed by atoms with Crippen LogP contribution in [-0.2, 0) is 0 Å². The molecule has 0 radical (unpaired) electrons. The molecule has 0 aliphatic heterocycles. The summed E-state index contributed by atoms with van der Waals surface area (Å²) >= 11 is -0.625. The van der Waals surface area contributed by atoms with Crippen molar-refractivity contribution in [3.05, 3.63) is 133 Å². The van der Waals surface area contributed by atoms with E-state index in [2.05, 4.69) is 143 Å². The summed E-state index contributed by atoms with van der Waals surface area (Å²) in [6.07, 6.45) is 0. The number of anilines is 6. The molecule has 1 aromatic heterocycles. The Bertz CT molecular complexity index is 1040. The third-order valence-corrected chi connectivity index (χ3v) is 8.09. The van der Waals surface area contributed by atoms with Gasteiger partial charge in [-0.1, -0.05) is 0 Å². The van der Waals surface area contributed by atoms with Crippen LogP contribution in [0.5, 0.6) is 0 Å². The Morgan fingerprint density at radius 2 is 0.581 bits per heavy atom. The van der Waals surface area contributed by atoms with Crippen molar-refractivity contribution in [1.29, 1.82) is 0 Å². The number of benzene rings is 4. The average molecular weight is 514 g/mol. The molecule has 0 unspecified atom stereocenters. The molecule has 1 heterocycles. The fourth-order valence-electron chi connectivity index (χ4n) is 3.67. The molecule has 0 atom stereocenters. The summed E-state index contributed by atoms with van der Waals surface area (Å²) in [5.41, 5.74) is 4.80. The molecule has 3 heteroatoms. The Morgan fingerprint density at radius 1 is 0.323 bits per heavy atom. The molecule has 0 bridgehead atoms. The van der Waals surface area contributed by atoms with Gasteiger partial charge in [-0.3, -0.25) is 0 Å². The van der Waals surface area contributed by atoms with Crippen molar-refractivity contribution in [2.75, 3.05) is 9.80 Å². The van der Waals surface area contributed by atoms with E-state index in [-0.39, 0.29) is 0 Å². The van der Waals surface area contributed by atoms with Gasteiger partial charge in [0.15, 0.2) is 0 Å². The molecule has 0 aliphatic carbocycles. The summed E-state index contributed by atoms with van der Waals surface area (Å²) in [6.45, 7) is 0. The third-order valence-electron chi connectivity index (χ3n) is 5.08. The van der Waals surface area contributed by atoms with Gasteiger partial charge < -0.3 is 0 Å². The summed E-state index contributed by atoms with van der Waals surface area (Å²) < 4.78 is 2.77. The molecular formula is C28H22N2Te. The molecular weight excluding hydrogens is 492 g/mol. The standard InChI is InChI=1S/C28H22N2Te/c1-5-13-23(14-6-1)29(24-15-7-2-8-16-24)27-21-22-28(31-27)30(25-17-9-3-10-18-25)26-19-11-4-12-20-26/h1-22H. The van der Waals surface area contributed by atoms with E-state index < -0.39 is 20.4 Å². The molecule has 0 saturated heterocycles. The van der Waals surface area contributed by atoms with Crippen molar-refractivity contribution >= 4 is 50.6 Å². The summed E-state index contributed by atoms with van der Waals surface area (Å²) in [7, 11) is 0. The third kappa shape index (κ3) is 4.30. The van der Waals surface area contributed by atoms with Crippen LogP contribution >= 0.6 is 0 Å². The zero-order chi connectivity index (χ0) is 20.9. The van der Waals surface area contributed by atoms with Crippen molar-refractivity contribution < 1.29 is 0 Å². The van der Waals surface area contributed by atoms with Crippen molar-refractivity contribution in [1.82, 2.24) is 0 Å². The van der Waals surface area contributed by atoms with Crippen LogP contribution in [0.2, 0.25) is 0 Å². The molecule has 2 nitrogen and oxygen atoms in total. The van der Waals surface area contributed by atoms with E-state index in [0.717, 1.165) is 0 Å². The number of hydrogen-bond donors (Lipinski definition) is 0. The topological polar surface area (TPSA) is 6.48 Å². The fourth-order valence-corrected chi connectivity index (χ4v) is 6.79. The average Bonchev–Trinajstić information content (AvgIpc) is 3.31. The van der Waals surface area contributed by atoms with Gasteiger partial charge in [-0.25, -0.2) is 0 Å². The van der Waals surface area contributed by atoms with E-state index >= 15 is 0 Å². The molecule has 5 aromatic rings. The molecule has 0 aliphatic rings. The predicted octanol–water partition coefficient (Wildman–Crippen LogP) is 7.68. The van der Waals surface area contributed by atoms with Crippen LogP contribution in [0, 0.1) is 0 Å². The molecule has 150 valence electrons. The van der Waals surface area contributed by atoms with Crippen molar-refractivity contribution in [2.45, 2.75) is 0 Å². The molecule has 0 amide bonds. The van der Waals surface area contributed by atoms with Crippen LogP contribution < -0.4 is 9.80 Å². The van der Waals surface area contributed by atoms with Crippen molar-refractivity contribution in [2.24, 2.45) is 0 Å². The second kappa shape index (κ2) is 9.27. The Morgan fingerprint density at radius 3 is 0.839 bits per heavy atom. The molecule has 0 spiro atoms. The molecule has 0 fully saturated rings.